The highest BCUT2D eigenvalue weighted by molar-refractivity contribution is 6.30. The maximum Gasteiger partial charge on any atom is 0.314 e. The average molecular weight is 458 g/mol. The molecule has 0 bridgehead atoms. The molecule has 0 saturated heterocycles. The third-order valence-electron chi connectivity index (χ3n) is 4.52. The van der Waals surface area contributed by atoms with E-state index in [1.165, 1.54) is 36.9 Å². The van der Waals surface area contributed by atoms with Gasteiger partial charge in [0.15, 0.2) is 0 Å². The highest BCUT2D eigenvalue weighted by Gasteiger charge is 2.18. The van der Waals surface area contributed by atoms with E-state index >= 15 is 0 Å². The smallest absolute Gasteiger partial charge is 0.314 e. The number of rotatable bonds is 5. The number of halogens is 4. The molecular formula is C20H11ClF3N7O. The number of H-pyrrole nitrogens is 1. The first-order chi connectivity index (χ1) is 15.5. The fourth-order valence-corrected chi connectivity index (χ4v) is 3.27. The van der Waals surface area contributed by atoms with E-state index in [9.17, 15) is 13.2 Å². The number of aromatic nitrogens is 6. The van der Waals surface area contributed by atoms with Gasteiger partial charge in [-0.1, -0.05) is 11.6 Å². The normalized spacial score (nSPS) is 11.4. The van der Waals surface area contributed by atoms with Crippen molar-refractivity contribution in [2.24, 2.45) is 0 Å². The van der Waals surface area contributed by atoms with Crippen molar-refractivity contribution in [3.63, 3.8) is 0 Å². The van der Waals surface area contributed by atoms with Crippen molar-refractivity contribution < 1.29 is 17.6 Å². The van der Waals surface area contributed by atoms with Gasteiger partial charge in [-0.2, -0.15) is 8.78 Å². The number of benzene rings is 2. The van der Waals surface area contributed by atoms with Crippen molar-refractivity contribution in [2.75, 3.05) is 5.32 Å². The molecule has 0 amide bonds. The van der Waals surface area contributed by atoms with Crippen molar-refractivity contribution in [1.82, 2.24) is 30.1 Å². The lowest BCUT2D eigenvalue weighted by molar-refractivity contribution is 0.116. The van der Waals surface area contributed by atoms with E-state index in [-0.39, 0.29) is 17.4 Å². The number of hydrogen-bond acceptors (Lipinski definition) is 7. The molecule has 0 fully saturated rings. The maximum absolute atomic E-state index is 14.5. The summed E-state index contributed by atoms with van der Waals surface area (Å²) in [6.45, 7) is 0. The van der Waals surface area contributed by atoms with Crippen molar-refractivity contribution >= 4 is 34.3 Å². The summed E-state index contributed by atoms with van der Waals surface area (Å²) in [5, 5.41) is 10.2. The Labute approximate surface area is 182 Å². The molecule has 0 saturated carbocycles. The lowest BCUT2D eigenvalue weighted by Crippen LogP contribution is -1.98. The molecule has 3 heterocycles. The van der Waals surface area contributed by atoms with Gasteiger partial charge < -0.3 is 14.7 Å². The van der Waals surface area contributed by atoms with E-state index < -0.39 is 18.1 Å². The van der Waals surface area contributed by atoms with Crippen molar-refractivity contribution in [1.29, 1.82) is 0 Å². The molecule has 160 valence electrons. The molecule has 0 aliphatic carbocycles. The molecule has 2 N–H and O–H groups in total. The maximum atomic E-state index is 14.5. The van der Waals surface area contributed by atoms with Gasteiger partial charge in [0, 0.05) is 34.2 Å². The number of fused-ring (bicyclic) bond motifs is 1. The Balaban J connectivity index is 1.47. The first kappa shape index (κ1) is 19.9. The van der Waals surface area contributed by atoms with Crippen LogP contribution in [0.2, 0.25) is 5.02 Å². The van der Waals surface area contributed by atoms with Crippen LogP contribution in [0, 0.1) is 5.82 Å². The second kappa shape index (κ2) is 7.93. The molecule has 0 unspecified atom stereocenters. The summed E-state index contributed by atoms with van der Waals surface area (Å²) in [5.41, 5.74) is 2.88. The van der Waals surface area contributed by atoms with Crippen LogP contribution in [0.1, 0.15) is 12.3 Å². The number of nitrogens with one attached hydrogen (secondary N) is 2. The molecule has 5 rings (SSSR count). The molecule has 0 atom stereocenters. The number of imidazole rings is 1. The first-order valence-electron chi connectivity index (χ1n) is 9.11. The Morgan fingerprint density at radius 3 is 2.56 bits per heavy atom. The van der Waals surface area contributed by atoms with Gasteiger partial charge in [-0.25, -0.2) is 19.3 Å². The first-order valence-corrected chi connectivity index (χ1v) is 9.49. The highest BCUT2D eigenvalue weighted by Crippen LogP contribution is 2.34. The van der Waals surface area contributed by atoms with Crippen LogP contribution < -0.4 is 5.32 Å². The quantitative estimate of drug-likeness (QED) is 0.356. The zero-order chi connectivity index (χ0) is 22.2. The fraction of sp³-hybridized carbons (Fsp3) is 0.0500. The molecule has 3 aromatic heterocycles. The number of anilines is 2. The minimum Gasteiger partial charge on any atom is -0.415 e. The second-order valence-electron chi connectivity index (χ2n) is 6.61. The monoisotopic (exact) mass is 457 g/mol. The Hall–Kier alpha value is -3.99. The van der Waals surface area contributed by atoms with E-state index in [0.717, 1.165) is 0 Å². The van der Waals surface area contributed by atoms with E-state index in [2.05, 4.69) is 35.5 Å². The zero-order valence-corrected chi connectivity index (χ0v) is 16.6. The Morgan fingerprint density at radius 1 is 1.00 bits per heavy atom. The number of hydrogen-bond donors (Lipinski definition) is 2. The summed E-state index contributed by atoms with van der Waals surface area (Å²) in [4.78, 5) is 15.6. The SMILES string of the molecule is Fc1ccc(Cl)cc1-c1cc(Nc2ncc(-c3nnc(C(F)F)o3)cn2)cc2[nH]cnc12. The number of alkyl halides is 2. The Kier molecular flexibility index (Phi) is 4.94. The standard InChI is InChI=1S/C20H11ClF3N7O/c21-10-1-2-14(22)12(3-10)13-4-11(5-15-16(13)28-8-27-15)29-20-25-6-9(7-26-20)18-30-31-19(32-18)17(23)24/h1-8,17H,(H,27,28)(H,25,26,29). The van der Waals surface area contributed by atoms with Crippen LogP contribution in [0.3, 0.4) is 0 Å². The Morgan fingerprint density at radius 2 is 1.81 bits per heavy atom. The van der Waals surface area contributed by atoms with Crippen LogP contribution >= 0.6 is 11.6 Å². The van der Waals surface area contributed by atoms with Gasteiger partial charge in [-0.15, -0.1) is 10.2 Å². The largest absolute Gasteiger partial charge is 0.415 e. The Bertz CT molecular complexity index is 1420. The van der Waals surface area contributed by atoms with Crippen LogP contribution in [0.15, 0.2) is 53.5 Å². The molecule has 0 aliphatic rings. The summed E-state index contributed by atoms with van der Waals surface area (Å²) in [6.07, 6.45) is 1.34. The lowest BCUT2D eigenvalue weighted by Gasteiger charge is -2.10. The van der Waals surface area contributed by atoms with E-state index in [4.69, 9.17) is 16.0 Å². The van der Waals surface area contributed by atoms with Crippen LogP contribution in [-0.4, -0.2) is 30.1 Å². The van der Waals surface area contributed by atoms with Crippen molar-refractivity contribution in [3.05, 3.63) is 65.8 Å². The van der Waals surface area contributed by atoms with Gasteiger partial charge >= 0.3 is 6.43 Å². The number of aromatic amines is 1. The molecule has 8 nitrogen and oxygen atoms in total. The van der Waals surface area contributed by atoms with Gasteiger partial charge in [0.2, 0.25) is 5.95 Å². The summed E-state index contributed by atoms with van der Waals surface area (Å²) in [6, 6.07) is 7.73. The van der Waals surface area contributed by atoms with Crippen molar-refractivity contribution in [3.8, 4) is 22.6 Å². The van der Waals surface area contributed by atoms with Gasteiger partial charge in [-0.3, -0.25) is 0 Å². The highest BCUT2D eigenvalue weighted by atomic mass is 35.5. The van der Waals surface area contributed by atoms with Crippen molar-refractivity contribution in [2.45, 2.75) is 6.43 Å². The topological polar surface area (TPSA) is 105 Å². The molecule has 0 radical (unpaired) electrons. The molecule has 32 heavy (non-hydrogen) atoms. The third kappa shape index (κ3) is 3.73. The predicted molar refractivity (Wildman–Crippen MR) is 110 cm³/mol. The fourth-order valence-electron chi connectivity index (χ4n) is 3.10. The predicted octanol–water partition coefficient (Wildman–Crippen LogP) is 5.54. The van der Waals surface area contributed by atoms with Gasteiger partial charge in [0.25, 0.3) is 11.8 Å². The third-order valence-corrected chi connectivity index (χ3v) is 4.76. The van der Waals surface area contributed by atoms with Crippen LogP contribution in [-0.2, 0) is 0 Å². The summed E-state index contributed by atoms with van der Waals surface area (Å²) in [7, 11) is 0. The summed E-state index contributed by atoms with van der Waals surface area (Å²) >= 11 is 6.06. The minimum atomic E-state index is -2.87. The summed E-state index contributed by atoms with van der Waals surface area (Å²) in [5.74, 6) is -1.14. The molecule has 0 spiro atoms. The van der Waals surface area contributed by atoms with Crippen LogP contribution in [0.25, 0.3) is 33.6 Å². The van der Waals surface area contributed by atoms with Crippen LogP contribution in [0.5, 0.6) is 0 Å². The average Bonchev–Trinajstić information content (AvgIpc) is 3.45. The van der Waals surface area contributed by atoms with Gasteiger partial charge in [0.1, 0.15) is 5.82 Å². The lowest BCUT2D eigenvalue weighted by atomic mass is 10.0. The van der Waals surface area contributed by atoms with E-state index in [1.807, 2.05) is 0 Å². The summed E-state index contributed by atoms with van der Waals surface area (Å²) < 4.78 is 44.6. The van der Waals surface area contributed by atoms with Gasteiger partial charge in [0.05, 0.1) is 22.9 Å². The second-order valence-corrected chi connectivity index (χ2v) is 7.05. The van der Waals surface area contributed by atoms with Crippen LogP contribution in [0.4, 0.5) is 24.8 Å². The van der Waals surface area contributed by atoms with E-state index in [1.54, 1.807) is 12.1 Å². The van der Waals surface area contributed by atoms with E-state index in [0.29, 0.717) is 32.9 Å². The zero-order valence-electron chi connectivity index (χ0n) is 15.9. The number of nitrogens with zero attached hydrogens (tertiary/aromatic N) is 5. The minimum absolute atomic E-state index is 0.121. The molecule has 0 aliphatic heterocycles. The molecule has 12 heteroatoms. The molecule has 5 aromatic rings. The molecular weight excluding hydrogens is 447 g/mol. The molecule has 2 aromatic carbocycles. The van der Waals surface area contributed by atoms with Gasteiger partial charge in [-0.05, 0) is 30.3 Å².